The SMILES string of the molecule is C=C[C@]1(C)C=C2[C@H](O)C[C@@H]3[C@](C)(CCC(=O)[C@]3(C)CO[C@@H]3O[C@H](CO)[C@@H](O)[C@@H](O)[C@@H]3O)[C@H]2CC1. The smallest absolute Gasteiger partial charge is 0.186 e. The Morgan fingerprint density at radius 1 is 1.15 bits per heavy atom. The maximum atomic E-state index is 13.3. The van der Waals surface area contributed by atoms with Crippen LogP contribution in [0.2, 0.25) is 0 Å². The quantitative estimate of drug-likeness (QED) is 0.369. The van der Waals surface area contributed by atoms with Crippen molar-refractivity contribution in [3.05, 3.63) is 24.3 Å². The van der Waals surface area contributed by atoms with Crippen LogP contribution in [0.1, 0.15) is 52.9 Å². The van der Waals surface area contributed by atoms with E-state index in [1.54, 1.807) is 0 Å². The van der Waals surface area contributed by atoms with E-state index in [2.05, 4.69) is 26.5 Å². The van der Waals surface area contributed by atoms with Gasteiger partial charge in [-0.3, -0.25) is 4.79 Å². The maximum absolute atomic E-state index is 13.3. The number of hydrogen-bond acceptors (Lipinski definition) is 8. The summed E-state index contributed by atoms with van der Waals surface area (Å²) < 4.78 is 11.4. The molecule has 4 rings (SSSR count). The van der Waals surface area contributed by atoms with Crippen molar-refractivity contribution in [1.29, 1.82) is 0 Å². The van der Waals surface area contributed by atoms with E-state index >= 15 is 0 Å². The number of ether oxygens (including phenoxy) is 2. The third-order valence-electron chi connectivity index (χ3n) is 9.47. The highest BCUT2D eigenvalue weighted by Gasteiger charge is 2.61. The second kappa shape index (κ2) is 9.07. The van der Waals surface area contributed by atoms with Gasteiger partial charge in [-0.1, -0.05) is 32.9 Å². The molecule has 0 radical (unpaired) electrons. The molecule has 5 N–H and O–H groups in total. The second-order valence-electron chi connectivity index (χ2n) is 11.6. The number of ketones is 1. The van der Waals surface area contributed by atoms with E-state index in [9.17, 15) is 30.3 Å². The monoisotopic (exact) mass is 480 g/mol. The molecule has 4 aliphatic rings. The minimum atomic E-state index is -1.54. The lowest BCUT2D eigenvalue weighted by Crippen LogP contribution is -2.61. The summed E-state index contributed by atoms with van der Waals surface area (Å²) in [6.07, 6.45) is 0.00385. The van der Waals surface area contributed by atoms with Crippen molar-refractivity contribution in [2.45, 2.75) is 89.7 Å². The van der Waals surface area contributed by atoms with E-state index in [0.29, 0.717) is 12.8 Å². The van der Waals surface area contributed by atoms with Gasteiger partial charge in [-0.05, 0) is 48.5 Å². The van der Waals surface area contributed by atoms with Crippen LogP contribution < -0.4 is 0 Å². The predicted octanol–water partition coefficient (Wildman–Crippen LogP) is 1.09. The summed E-state index contributed by atoms with van der Waals surface area (Å²) in [5.41, 5.74) is -0.207. The molecule has 8 nitrogen and oxygen atoms in total. The van der Waals surface area contributed by atoms with E-state index < -0.39 is 48.8 Å². The fraction of sp³-hybridized carbons (Fsp3) is 0.808. The second-order valence-corrected chi connectivity index (χ2v) is 11.6. The van der Waals surface area contributed by atoms with Gasteiger partial charge in [-0.15, -0.1) is 6.58 Å². The van der Waals surface area contributed by atoms with Crippen molar-refractivity contribution in [3.8, 4) is 0 Å². The maximum Gasteiger partial charge on any atom is 0.186 e. The molecule has 0 bridgehead atoms. The molecule has 0 unspecified atom stereocenters. The summed E-state index contributed by atoms with van der Waals surface area (Å²) in [6, 6.07) is 0. The number of carbonyl (C=O) groups excluding carboxylic acids is 1. The Labute approximate surface area is 201 Å². The topological polar surface area (TPSA) is 137 Å². The molecule has 1 saturated heterocycles. The first kappa shape index (κ1) is 25.9. The Morgan fingerprint density at radius 2 is 1.85 bits per heavy atom. The molecule has 0 aromatic heterocycles. The number of aliphatic hydroxyl groups is 5. The van der Waals surface area contributed by atoms with Gasteiger partial charge in [0, 0.05) is 11.8 Å². The first-order valence-corrected chi connectivity index (χ1v) is 12.4. The minimum absolute atomic E-state index is 0.0472. The van der Waals surface area contributed by atoms with Gasteiger partial charge < -0.3 is 35.0 Å². The lowest BCUT2D eigenvalue weighted by atomic mass is 9.44. The van der Waals surface area contributed by atoms with Crippen LogP contribution in [0.5, 0.6) is 0 Å². The van der Waals surface area contributed by atoms with Crippen LogP contribution in [0, 0.1) is 28.1 Å². The molecule has 192 valence electrons. The zero-order valence-corrected chi connectivity index (χ0v) is 20.4. The van der Waals surface area contributed by atoms with E-state index in [1.807, 2.05) is 13.0 Å². The lowest BCUT2D eigenvalue weighted by Gasteiger charge is -2.60. The van der Waals surface area contributed by atoms with Crippen LogP contribution in [-0.4, -0.2) is 81.3 Å². The molecule has 0 spiro atoms. The van der Waals surface area contributed by atoms with E-state index in [-0.39, 0.29) is 35.1 Å². The molecule has 11 atom stereocenters. The fourth-order valence-electron chi connectivity index (χ4n) is 7.09. The van der Waals surface area contributed by atoms with Crippen molar-refractivity contribution in [2.24, 2.45) is 28.1 Å². The number of carbonyl (C=O) groups is 1. The first-order chi connectivity index (χ1) is 15.9. The van der Waals surface area contributed by atoms with Gasteiger partial charge >= 0.3 is 0 Å². The Bertz CT molecular complexity index is 841. The highest BCUT2D eigenvalue weighted by molar-refractivity contribution is 5.86. The number of Topliss-reactive ketones (excluding diaryl/α,β-unsaturated/α-hetero) is 1. The summed E-state index contributed by atoms with van der Waals surface area (Å²) in [7, 11) is 0. The van der Waals surface area contributed by atoms with Gasteiger partial charge in [0.25, 0.3) is 0 Å². The fourth-order valence-corrected chi connectivity index (χ4v) is 7.09. The van der Waals surface area contributed by atoms with Crippen molar-refractivity contribution < 1.29 is 39.8 Å². The standard InChI is InChI=1S/C26H40O8/c1-5-24(2)8-6-15-14(11-24)16(28)10-18-25(15,3)9-7-19(29)26(18,4)13-33-23-22(32)21(31)20(30)17(12-27)34-23/h5,11,15-18,20-23,27-28,30-32H,1,6-10,12-13H2,2-4H3/t15-,16+,17+,18+,20+,21+,22-,23+,24-,25+,26+/m0/s1. The summed E-state index contributed by atoms with van der Waals surface area (Å²) in [5, 5.41) is 51.1. The minimum Gasteiger partial charge on any atom is -0.394 e. The summed E-state index contributed by atoms with van der Waals surface area (Å²) in [6.45, 7) is 9.59. The summed E-state index contributed by atoms with van der Waals surface area (Å²) in [5.74, 6) is 0.0660. The first-order valence-electron chi connectivity index (χ1n) is 12.4. The van der Waals surface area contributed by atoms with E-state index in [0.717, 1.165) is 24.8 Å². The third kappa shape index (κ3) is 4.01. The Balaban J connectivity index is 1.59. The van der Waals surface area contributed by atoms with E-state index in [1.165, 1.54) is 0 Å². The largest absolute Gasteiger partial charge is 0.394 e. The van der Waals surface area contributed by atoms with Crippen LogP contribution in [-0.2, 0) is 14.3 Å². The van der Waals surface area contributed by atoms with Crippen LogP contribution in [0.25, 0.3) is 0 Å². The number of allylic oxidation sites excluding steroid dienone is 2. The Kier molecular flexibility index (Phi) is 6.92. The van der Waals surface area contributed by atoms with Gasteiger partial charge in [0.05, 0.1) is 24.7 Å². The Morgan fingerprint density at radius 3 is 2.50 bits per heavy atom. The highest BCUT2D eigenvalue weighted by Crippen LogP contribution is 2.63. The molecule has 1 aliphatic heterocycles. The van der Waals surface area contributed by atoms with Gasteiger partial charge in [0.2, 0.25) is 0 Å². The molecule has 0 aromatic rings. The van der Waals surface area contributed by atoms with Gasteiger partial charge in [-0.2, -0.15) is 0 Å². The average molecular weight is 481 g/mol. The zero-order chi connectivity index (χ0) is 25.1. The molecule has 3 aliphatic carbocycles. The molecule has 8 heteroatoms. The molecule has 0 aromatic carbocycles. The van der Waals surface area contributed by atoms with Crippen molar-refractivity contribution in [1.82, 2.24) is 0 Å². The zero-order valence-electron chi connectivity index (χ0n) is 20.4. The Hall–Kier alpha value is -1.13. The number of fused-ring (bicyclic) bond motifs is 3. The lowest BCUT2D eigenvalue weighted by molar-refractivity contribution is -0.307. The van der Waals surface area contributed by atoms with Gasteiger partial charge in [-0.25, -0.2) is 0 Å². The van der Waals surface area contributed by atoms with Gasteiger partial charge in [0.15, 0.2) is 6.29 Å². The number of hydrogen-bond donors (Lipinski definition) is 5. The molecule has 34 heavy (non-hydrogen) atoms. The van der Waals surface area contributed by atoms with E-state index in [4.69, 9.17) is 9.47 Å². The predicted molar refractivity (Wildman–Crippen MR) is 123 cm³/mol. The molecular weight excluding hydrogens is 440 g/mol. The number of rotatable bonds is 5. The average Bonchev–Trinajstić information content (AvgIpc) is 2.82. The van der Waals surface area contributed by atoms with Crippen LogP contribution in [0.3, 0.4) is 0 Å². The summed E-state index contributed by atoms with van der Waals surface area (Å²) >= 11 is 0. The van der Waals surface area contributed by atoms with Crippen LogP contribution in [0.4, 0.5) is 0 Å². The van der Waals surface area contributed by atoms with Crippen molar-refractivity contribution in [2.75, 3.05) is 13.2 Å². The van der Waals surface area contributed by atoms with Crippen LogP contribution in [0.15, 0.2) is 24.3 Å². The van der Waals surface area contributed by atoms with Crippen molar-refractivity contribution >= 4 is 5.78 Å². The molecule has 1 heterocycles. The van der Waals surface area contributed by atoms with Gasteiger partial charge in [0.1, 0.15) is 30.2 Å². The molecule has 0 amide bonds. The molecule has 2 saturated carbocycles. The number of aliphatic hydroxyl groups excluding tert-OH is 5. The molecular formula is C26H40O8. The van der Waals surface area contributed by atoms with Crippen molar-refractivity contribution in [3.63, 3.8) is 0 Å². The highest BCUT2D eigenvalue weighted by atomic mass is 16.7. The normalized spacial score (nSPS) is 51.3. The molecule has 3 fully saturated rings. The third-order valence-corrected chi connectivity index (χ3v) is 9.47. The van der Waals surface area contributed by atoms with Crippen LogP contribution >= 0.6 is 0 Å². The summed E-state index contributed by atoms with van der Waals surface area (Å²) in [4.78, 5) is 13.3.